The van der Waals surface area contributed by atoms with Gasteiger partial charge in [0.2, 0.25) is 21.8 Å². The van der Waals surface area contributed by atoms with Crippen LogP contribution in [0.15, 0.2) is 72.8 Å². The molecule has 0 aromatic heterocycles. The minimum atomic E-state index is -3.80. The standard InChI is InChI=1S/C32H41N3O4S/c1-6-7-19-33-32(37)30(21-27-14-9-8-10-15-27)34(22-28-16-12-11-13-25(28)3)31(36)23-35(40(5,38)39)29-20-24(2)17-18-26(29)4/h8-18,20,30H,6-7,19,21-23H2,1-5H3,(H,33,37)/t30-/m0/s1. The van der Waals surface area contributed by atoms with Crippen molar-refractivity contribution in [2.24, 2.45) is 0 Å². The van der Waals surface area contributed by atoms with Crippen molar-refractivity contribution in [2.75, 3.05) is 23.7 Å². The number of hydrogen-bond acceptors (Lipinski definition) is 4. The van der Waals surface area contributed by atoms with Gasteiger partial charge in [-0.15, -0.1) is 0 Å². The van der Waals surface area contributed by atoms with Crippen molar-refractivity contribution in [1.29, 1.82) is 0 Å². The smallest absolute Gasteiger partial charge is 0.244 e. The highest BCUT2D eigenvalue weighted by molar-refractivity contribution is 7.92. The summed E-state index contributed by atoms with van der Waals surface area (Å²) in [7, 11) is -3.80. The van der Waals surface area contributed by atoms with Gasteiger partial charge in [-0.1, -0.05) is 80.1 Å². The van der Waals surface area contributed by atoms with Gasteiger partial charge in [-0.05, 0) is 61.1 Å². The molecule has 1 atom stereocenters. The zero-order valence-electron chi connectivity index (χ0n) is 24.2. The lowest BCUT2D eigenvalue weighted by Gasteiger charge is -2.34. The van der Waals surface area contributed by atoms with Gasteiger partial charge in [0.05, 0.1) is 11.9 Å². The lowest BCUT2D eigenvalue weighted by Crippen LogP contribution is -2.53. The molecule has 3 aromatic carbocycles. The van der Waals surface area contributed by atoms with Crippen LogP contribution in [0.25, 0.3) is 0 Å². The molecular formula is C32H41N3O4S. The van der Waals surface area contributed by atoms with Crippen molar-refractivity contribution in [1.82, 2.24) is 10.2 Å². The highest BCUT2D eigenvalue weighted by Gasteiger charge is 2.33. The fraction of sp³-hybridized carbons (Fsp3) is 0.375. The second-order valence-corrected chi connectivity index (χ2v) is 12.3. The highest BCUT2D eigenvalue weighted by atomic mass is 32.2. The van der Waals surface area contributed by atoms with Crippen LogP contribution in [-0.4, -0.2) is 50.5 Å². The molecule has 0 bridgehead atoms. The summed E-state index contributed by atoms with van der Waals surface area (Å²) in [5.74, 6) is -0.696. The van der Waals surface area contributed by atoms with Crippen molar-refractivity contribution in [2.45, 2.75) is 59.5 Å². The minimum absolute atomic E-state index is 0.175. The number of sulfonamides is 1. The predicted molar refractivity (Wildman–Crippen MR) is 162 cm³/mol. The molecule has 0 saturated carbocycles. The van der Waals surface area contributed by atoms with E-state index in [0.717, 1.165) is 51.2 Å². The largest absolute Gasteiger partial charge is 0.354 e. The second kappa shape index (κ2) is 14.1. The van der Waals surface area contributed by atoms with E-state index in [9.17, 15) is 18.0 Å². The topological polar surface area (TPSA) is 86.8 Å². The average molecular weight is 564 g/mol. The van der Waals surface area contributed by atoms with Gasteiger partial charge in [0, 0.05) is 19.5 Å². The van der Waals surface area contributed by atoms with Crippen molar-refractivity contribution in [3.8, 4) is 0 Å². The van der Waals surface area contributed by atoms with Crippen molar-refractivity contribution in [3.05, 3.63) is 101 Å². The summed E-state index contributed by atoms with van der Waals surface area (Å²) in [6.45, 7) is 7.98. The Morgan fingerprint density at radius 2 is 1.57 bits per heavy atom. The second-order valence-electron chi connectivity index (χ2n) is 10.4. The van der Waals surface area contributed by atoms with Crippen molar-refractivity contribution < 1.29 is 18.0 Å². The monoisotopic (exact) mass is 563 g/mol. The summed E-state index contributed by atoms with van der Waals surface area (Å²) in [6, 6.07) is 22.0. The average Bonchev–Trinajstić information content (AvgIpc) is 2.91. The minimum Gasteiger partial charge on any atom is -0.354 e. The number of anilines is 1. The molecule has 3 rings (SSSR count). The Balaban J connectivity index is 2.07. The molecule has 0 heterocycles. The number of rotatable bonds is 13. The summed E-state index contributed by atoms with van der Waals surface area (Å²) in [6.07, 6.45) is 3.16. The van der Waals surface area contributed by atoms with Gasteiger partial charge in [-0.25, -0.2) is 8.42 Å². The Morgan fingerprint density at radius 1 is 0.900 bits per heavy atom. The van der Waals surface area contributed by atoms with Gasteiger partial charge < -0.3 is 10.2 Å². The summed E-state index contributed by atoms with van der Waals surface area (Å²) >= 11 is 0. The zero-order valence-corrected chi connectivity index (χ0v) is 25.0. The Morgan fingerprint density at radius 3 is 2.23 bits per heavy atom. The fourth-order valence-electron chi connectivity index (χ4n) is 4.61. The lowest BCUT2D eigenvalue weighted by molar-refractivity contribution is -0.140. The number of unbranched alkanes of at least 4 members (excludes halogenated alkanes) is 1. The molecule has 1 N–H and O–H groups in total. The highest BCUT2D eigenvalue weighted by Crippen LogP contribution is 2.25. The van der Waals surface area contributed by atoms with Crippen LogP contribution < -0.4 is 9.62 Å². The van der Waals surface area contributed by atoms with Crippen LogP contribution >= 0.6 is 0 Å². The summed E-state index contributed by atoms with van der Waals surface area (Å²) in [5.41, 5.74) is 4.88. The summed E-state index contributed by atoms with van der Waals surface area (Å²) < 4.78 is 27.2. The van der Waals surface area contributed by atoms with E-state index in [4.69, 9.17) is 0 Å². The van der Waals surface area contributed by atoms with Crippen molar-refractivity contribution in [3.63, 3.8) is 0 Å². The number of benzene rings is 3. The molecular weight excluding hydrogens is 522 g/mol. The van der Waals surface area contributed by atoms with E-state index in [0.29, 0.717) is 18.7 Å². The first-order valence-electron chi connectivity index (χ1n) is 13.7. The molecule has 0 unspecified atom stereocenters. The van der Waals surface area contributed by atoms with Crippen LogP contribution in [0, 0.1) is 20.8 Å². The van der Waals surface area contributed by atoms with E-state index < -0.39 is 28.5 Å². The zero-order chi connectivity index (χ0) is 29.3. The molecule has 0 saturated heterocycles. The SMILES string of the molecule is CCCCNC(=O)[C@H](Cc1ccccc1)N(Cc1ccccc1C)C(=O)CN(c1cc(C)ccc1C)S(C)(=O)=O. The molecule has 0 aliphatic carbocycles. The Hall–Kier alpha value is -3.65. The normalized spacial score (nSPS) is 12.0. The van der Waals surface area contributed by atoms with Gasteiger partial charge in [-0.2, -0.15) is 0 Å². The van der Waals surface area contributed by atoms with Crippen LogP contribution in [0.2, 0.25) is 0 Å². The lowest BCUT2D eigenvalue weighted by atomic mass is 10.0. The number of aryl methyl sites for hydroxylation is 3. The van der Waals surface area contributed by atoms with Gasteiger partial charge in [-0.3, -0.25) is 13.9 Å². The van der Waals surface area contributed by atoms with Gasteiger partial charge in [0.25, 0.3) is 0 Å². The molecule has 0 fully saturated rings. The third-order valence-electron chi connectivity index (χ3n) is 7.02. The molecule has 0 spiro atoms. The molecule has 0 aliphatic rings. The van der Waals surface area contributed by atoms with E-state index in [-0.39, 0.29) is 12.5 Å². The van der Waals surface area contributed by atoms with E-state index in [1.54, 1.807) is 11.0 Å². The number of amides is 2. The molecule has 2 amide bonds. The van der Waals surface area contributed by atoms with Gasteiger partial charge >= 0.3 is 0 Å². The van der Waals surface area contributed by atoms with E-state index in [1.165, 1.54) is 0 Å². The first-order valence-corrected chi connectivity index (χ1v) is 15.6. The van der Waals surface area contributed by atoms with Crippen molar-refractivity contribution >= 4 is 27.5 Å². The van der Waals surface area contributed by atoms with Crippen LogP contribution in [0.5, 0.6) is 0 Å². The van der Waals surface area contributed by atoms with E-state index >= 15 is 0 Å². The molecule has 3 aromatic rings. The first-order chi connectivity index (χ1) is 19.0. The van der Waals surface area contributed by atoms with Crippen LogP contribution in [-0.2, 0) is 32.6 Å². The number of carbonyl (C=O) groups is 2. The predicted octanol–water partition coefficient (Wildman–Crippen LogP) is 4.93. The number of nitrogens with one attached hydrogen (secondary N) is 1. The van der Waals surface area contributed by atoms with Crippen LogP contribution in [0.3, 0.4) is 0 Å². The summed E-state index contributed by atoms with van der Waals surface area (Å²) in [4.78, 5) is 29.4. The Kier molecular flexibility index (Phi) is 10.9. The van der Waals surface area contributed by atoms with Crippen LogP contribution in [0.4, 0.5) is 5.69 Å². The first kappa shape index (κ1) is 30.9. The molecule has 0 aliphatic heterocycles. The van der Waals surface area contributed by atoms with Crippen LogP contribution in [0.1, 0.15) is 47.6 Å². The van der Waals surface area contributed by atoms with E-state index in [1.807, 2.05) is 87.5 Å². The fourth-order valence-corrected chi connectivity index (χ4v) is 5.51. The number of nitrogens with zero attached hydrogens (tertiary/aromatic N) is 2. The summed E-state index contributed by atoms with van der Waals surface area (Å²) in [5, 5.41) is 3.01. The Bertz CT molecular complexity index is 1410. The maximum Gasteiger partial charge on any atom is 0.244 e. The maximum absolute atomic E-state index is 14.2. The van der Waals surface area contributed by atoms with Gasteiger partial charge in [0.1, 0.15) is 12.6 Å². The molecule has 0 radical (unpaired) electrons. The number of hydrogen-bond donors (Lipinski definition) is 1. The number of carbonyl (C=O) groups excluding carboxylic acids is 2. The molecule has 214 valence electrons. The molecule has 7 nitrogen and oxygen atoms in total. The third-order valence-corrected chi connectivity index (χ3v) is 8.14. The quantitative estimate of drug-likeness (QED) is 0.299. The molecule has 40 heavy (non-hydrogen) atoms. The maximum atomic E-state index is 14.2. The molecule has 8 heteroatoms. The Labute approximate surface area is 239 Å². The van der Waals surface area contributed by atoms with E-state index in [2.05, 4.69) is 12.2 Å². The van der Waals surface area contributed by atoms with Gasteiger partial charge in [0.15, 0.2) is 0 Å². The third kappa shape index (κ3) is 8.42.